The van der Waals surface area contributed by atoms with Crippen LogP contribution in [0.2, 0.25) is 0 Å². The fourth-order valence-corrected chi connectivity index (χ4v) is 2.68. The highest BCUT2D eigenvalue weighted by Gasteiger charge is 2.12. The summed E-state index contributed by atoms with van der Waals surface area (Å²) in [6.07, 6.45) is 0. The molecule has 0 aliphatic heterocycles. The Labute approximate surface area is 118 Å². The van der Waals surface area contributed by atoms with E-state index in [2.05, 4.69) is 6.07 Å². The van der Waals surface area contributed by atoms with Crippen LogP contribution in [0, 0.1) is 13.8 Å². The molecule has 0 saturated heterocycles. The minimum absolute atomic E-state index is 0.0913. The molecule has 3 rings (SSSR count). The van der Waals surface area contributed by atoms with Crippen molar-refractivity contribution >= 4 is 16.6 Å². The van der Waals surface area contributed by atoms with Crippen LogP contribution < -0.4 is 0 Å². The van der Waals surface area contributed by atoms with Gasteiger partial charge in [0.2, 0.25) is 0 Å². The van der Waals surface area contributed by atoms with Gasteiger partial charge in [-0.05, 0) is 36.8 Å². The van der Waals surface area contributed by atoms with Gasteiger partial charge in [-0.15, -0.1) is 0 Å². The van der Waals surface area contributed by atoms with Gasteiger partial charge in [-0.3, -0.25) is 4.79 Å². The molecule has 20 heavy (non-hydrogen) atoms. The maximum Gasteiger partial charge on any atom is 0.193 e. The van der Waals surface area contributed by atoms with Crippen molar-refractivity contribution in [1.82, 2.24) is 0 Å². The zero-order valence-corrected chi connectivity index (χ0v) is 11.7. The molecule has 0 saturated carbocycles. The van der Waals surface area contributed by atoms with Crippen molar-refractivity contribution in [3.63, 3.8) is 0 Å². The van der Waals surface area contributed by atoms with Gasteiger partial charge in [0.15, 0.2) is 5.78 Å². The maximum absolute atomic E-state index is 12.8. The van der Waals surface area contributed by atoms with Gasteiger partial charge in [-0.2, -0.15) is 0 Å². The summed E-state index contributed by atoms with van der Waals surface area (Å²) in [4.78, 5) is 12.8. The molecule has 0 unspecified atom stereocenters. The molecule has 0 atom stereocenters. The summed E-state index contributed by atoms with van der Waals surface area (Å²) in [5, 5.41) is 2.11. The van der Waals surface area contributed by atoms with Crippen molar-refractivity contribution in [2.45, 2.75) is 13.8 Å². The zero-order chi connectivity index (χ0) is 14.1. The molecule has 0 bridgehead atoms. The molecule has 0 aromatic heterocycles. The molecule has 0 fully saturated rings. The van der Waals surface area contributed by atoms with Crippen molar-refractivity contribution in [2.75, 3.05) is 0 Å². The molecule has 0 N–H and O–H groups in total. The Kier molecular flexibility index (Phi) is 3.11. The summed E-state index contributed by atoms with van der Waals surface area (Å²) in [5.41, 5.74) is 3.77. The minimum Gasteiger partial charge on any atom is -0.289 e. The van der Waals surface area contributed by atoms with E-state index in [0.29, 0.717) is 0 Å². The lowest BCUT2D eigenvalue weighted by Gasteiger charge is -2.07. The van der Waals surface area contributed by atoms with Crippen LogP contribution in [0.3, 0.4) is 0 Å². The number of fused-ring (bicyclic) bond motifs is 1. The van der Waals surface area contributed by atoms with Crippen LogP contribution in [-0.2, 0) is 0 Å². The first-order valence-electron chi connectivity index (χ1n) is 6.76. The van der Waals surface area contributed by atoms with Gasteiger partial charge in [0.1, 0.15) is 0 Å². The molecule has 1 heteroatoms. The second kappa shape index (κ2) is 4.93. The lowest BCUT2D eigenvalue weighted by molar-refractivity contribution is 0.104. The molecule has 0 spiro atoms. The molecule has 0 aliphatic rings. The molecule has 3 aromatic rings. The topological polar surface area (TPSA) is 17.1 Å². The molecule has 3 aromatic carbocycles. The first kappa shape index (κ1) is 12.6. The Morgan fingerprint density at radius 2 is 1.45 bits per heavy atom. The van der Waals surface area contributed by atoms with Gasteiger partial charge in [0.05, 0.1) is 0 Å². The van der Waals surface area contributed by atoms with E-state index in [4.69, 9.17) is 0 Å². The SMILES string of the molecule is Cc1cc(C)cc(C(=O)c2cccc3ccccc23)c1. The van der Waals surface area contributed by atoms with Gasteiger partial charge >= 0.3 is 0 Å². The third-order valence-electron chi connectivity index (χ3n) is 3.52. The van der Waals surface area contributed by atoms with Gasteiger partial charge in [0, 0.05) is 11.1 Å². The Balaban J connectivity index is 2.17. The monoisotopic (exact) mass is 260 g/mol. The molecule has 0 amide bonds. The van der Waals surface area contributed by atoms with Crippen LogP contribution in [0.4, 0.5) is 0 Å². The number of rotatable bonds is 2. The highest BCUT2D eigenvalue weighted by Crippen LogP contribution is 2.22. The summed E-state index contributed by atoms with van der Waals surface area (Å²) in [6.45, 7) is 4.04. The lowest BCUT2D eigenvalue weighted by atomic mass is 9.95. The second-order valence-electron chi connectivity index (χ2n) is 5.23. The quantitative estimate of drug-likeness (QED) is 0.611. The third-order valence-corrected chi connectivity index (χ3v) is 3.52. The highest BCUT2D eigenvalue weighted by atomic mass is 16.1. The fourth-order valence-electron chi connectivity index (χ4n) is 2.68. The molecule has 1 nitrogen and oxygen atoms in total. The molecule has 0 aliphatic carbocycles. The van der Waals surface area contributed by atoms with Gasteiger partial charge in [-0.1, -0.05) is 59.7 Å². The average Bonchev–Trinajstić information content (AvgIpc) is 2.45. The predicted octanol–water partition coefficient (Wildman–Crippen LogP) is 4.69. The van der Waals surface area contributed by atoms with Crippen LogP contribution in [0.5, 0.6) is 0 Å². The van der Waals surface area contributed by atoms with Crippen LogP contribution in [0.1, 0.15) is 27.0 Å². The number of benzene rings is 3. The molecular formula is C19H16O. The van der Waals surface area contributed by atoms with E-state index in [0.717, 1.165) is 33.0 Å². The van der Waals surface area contributed by atoms with Crippen molar-refractivity contribution < 1.29 is 4.79 Å². The Bertz CT molecular complexity index is 774. The Hall–Kier alpha value is -2.41. The fraction of sp³-hybridized carbons (Fsp3) is 0.105. The summed E-state index contributed by atoms with van der Waals surface area (Å²) in [5.74, 6) is 0.0913. The van der Waals surface area contributed by atoms with Crippen LogP contribution in [0.15, 0.2) is 60.7 Å². The lowest BCUT2D eigenvalue weighted by Crippen LogP contribution is -2.03. The maximum atomic E-state index is 12.8. The van der Waals surface area contributed by atoms with E-state index in [1.807, 2.05) is 68.4 Å². The van der Waals surface area contributed by atoms with E-state index >= 15 is 0 Å². The first-order chi connectivity index (χ1) is 9.65. The highest BCUT2D eigenvalue weighted by molar-refractivity contribution is 6.16. The van der Waals surface area contributed by atoms with Gasteiger partial charge in [-0.25, -0.2) is 0 Å². The number of carbonyl (C=O) groups is 1. The third kappa shape index (κ3) is 2.23. The largest absolute Gasteiger partial charge is 0.289 e. The van der Waals surface area contributed by atoms with E-state index in [-0.39, 0.29) is 5.78 Å². The number of carbonyl (C=O) groups excluding carboxylic acids is 1. The molecule has 98 valence electrons. The molecular weight excluding hydrogens is 244 g/mol. The summed E-state index contributed by atoms with van der Waals surface area (Å²) in [6, 6.07) is 19.9. The Morgan fingerprint density at radius 1 is 0.800 bits per heavy atom. The first-order valence-corrected chi connectivity index (χ1v) is 6.76. The van der Waals surface area contributed by atoms with E-state index in [9.17, 15) is 4.79 Å². The average molecular weight is 260 g/mol. The van der Waals surface area contributed by atoms with Crippen LogP contribution in [-0.4, -0.2) is 5.78 Å². The zero-order valence-electron chi connectivity index (χ0n) is 11.7. The van der Waals surface area contributed by atoms with Gasteiger partial charge < -0.3 is 0 Å². The van der Waals surface area contributed by atoms with E-state index < -0.39 is 0 Å². The molecule has 0 radical (unpaired) electrons. The molecule has 0 heterocycles. The standard InChI is InChI=1S/C19H16O/c1-13-10-14(2)12-16(11-13)19(20)18-9-5-7-15-6-3-4-8-17(15)18/h3-12H,1-2H3. The van der Waals surface area contributed by atoms with Crippen molar-refractivity contribution in [3.8, 4) is 0 Å². The number of hydrogen-bond acceptors (Lipinski definition) is 1. The predicted molar refractivity (Wildman–Crippen MR) is 83.3 cm³/mol. The smallest absolute Gasteiger partial charge is 0.193 e. The Morgan fingerprint density at radius 3 is 2.20 bits per heavy atom. The van der Waals surface area contributed by atoms with E-state index in [1.165, 1.54) is 0 Å². The van der Waals surface area contributed by atoms with Crippen LogP contribution in [0.25, 0.3) is 10.8 Å². The van der Waals surface area contributed by atoms with E-state index in [1.54, 1.807) is 0 Å². The number of hydrogen-bond donors (Lipinski definition) is 0. The van der Waals surface area contributed by atoms with Gasteiger partial charge in [0.25, 0.3) is 0 Å². The van der Waals surface area contributed by atoms with Crippen molar-refractivity contribution in [3.05, 3.63) is 82.9 Å². The normalized spacial score (nSPS) is 10.7. The summed E-state index contributed by atoms with van der Waals surface area (Å²) in [7, 11) is 0. The van der Waals surface area contributed by atoms with Crippen molar-refractivity contribution in [1.29, 1.82) is 0 Å². The minimum atomic E-state index is 0.0913. The second-order valence-corrected chi connectivity index (χ2v) is 5.23. The number of aryl methyl sites for hydroxylation is 2. The summed E-state index contributed by atoms with van der Waals surface area (Å²) >= 11 is 0. The summed E-state index contributed by atoms with van der Waals surface area (Å²) < 4.78 is 0. The number of ketones is 1. The van der Waals surface area contributed by atoms with Crippen molar-refractivity contribution in [2.24, 2.45) is 0 Å². The van der Waals surface area contributed by atoms with Crippen LogP contribution >= 0.6 is 0 Å².